The quantitative estimate of drug-likeness (QED) is 0.589. The van der Waals surface area contributed by atoms with Gasteiger partial charge in [0.05, 0.1) is 12.7 Å². The summed E-state index contributed by atoms with van der Waals surface area (Å²) in [7, 11) is 0. The molecule has 1 aromatic rings. The molecule has 20 heavy (non-hydrogen) atoms. The molecule has 1 aromatic carbocycles. The maximum absolute atomic E-state index is 11.7. The van der Waals surface area contributed by atoms with Crippen LogP contribution in [-0.2, 0) is 14.3 Å². The van der Waals surface area contributed by atoms with Gasteiger partial charge < -0.3 is 4.74 Å². The normalized spacial score (nSPS) is 12.3. The molecule has 0 aromatic heterocycles. The van der Waals surface area contributed by atoms with Gasteiger partial charge in [-0.2, -0.15) is 5.26 Å². The van der Waals surface area contributed by atoms with Crippen molar-refractivity contribution in [3.63, 3.8) is 0 Å². The molecule has 0 saturated heterocycles. The summed E-state index contributed by atoms with van der Waals surface area (Å²) in [6.45, 7) is 3.32. The van der Waals surface area contributed by atoms with Crippen molar-refractivity contribution in [1.82, 2.24) is 0 Å². The van der Waals surface area contributed by atoms with E-state index in [2.05, 4.69) is 0 Å². The standard InChI is InChI=1S/C16H17NO3/c1-3-20-16(19)15(11-17)10-14(12(2)18)9-13-7-5-4-6-8-13/h4-9,15H,3,10H2,1-2H3/b14-9+. The molecule has 0 saturated carbocycles. The zero-order chi connectivity index (χ0) is 15.0. The highest BCUT2D eigenvalue weighted by Gasteiger charge is 2.22. The van der Waals surface area contributed by atoms with E-state index in [4.69, 9.17) is 10.00 Å². The van der Waals surface area contributed by atoms with Gasteiger partial charge in [0.25, 0.3) is 0 Å². The number of carbonyl (C=O) groups is 2. The molecule has 0 N–H and O–H groups in total. The number of esters is 1. The molecule has 4 nitrogen and oxygen atoms in total. The fourth-order valence-electron chi connectivity index (χ4n) is 1.70. The van der Waals surface area contributed by atoms with Crippen LogP contribution in [-0.4, -0.2) is 18.4 Å². The smallest absolute Gasteiger partial charge is 0.323 e. The Hall–Kier alpha value is -2.41. The monoisotopic (exact) mass is 271 g/mol. The van der Waals surface area contributed by atoms with Gasteiger partial charge in [-0.1, -0.05) is 30.3 Å². The van der Waals surface area contributed by atoms with Gasteiger partial charge in [0.15, 0.2) is 5.78 Å². The molecule has 0 heterocycles. The summed E-state index contributed by atoms with van der Waals surface area (Å²) in [5.41, 5.74) is 1.30. The fourth-order valence-corrected chi connectivity index (χ4v) is 1.70. The van der Waals surface area contributed by atoms with E-state index in [0.717, 1.165) is 5.56 Å². The predicted octanol–water partition coefficient (Wildman–Crippen LogP) is 2.75. The number of carbonyl (C=O) groups excluding carboxylic acids is 2. The third kappa shape index (κ3) is 4.69. The molecule has 0 aliphatic rings. The molecule has 1 atom stereocenters. The first-order valence-corrected chi connectivity index (χ1v) is 6.41. The van der Waals surface area contributed by atoms with E-state index in [1.807, 2.05) is 36.4 Å². The van der Waals surface area contributed by atoms with Crippen molar-refractivity contribution in [2.75, 3.05) is 6.61 Å². The third-order valence-corrected chi connectivity index (χ3v) is 2.74. The highest BCUT2D eigenvalue weighted by molar-refractivity contribution is 5.98. The molecule has 0 amide bonds. The first kappa shape index (κ1) is 15.6. The van der Waals surface area contributed by atoms with Crippen LogP contribution in [0, 0.1) is 17.2 Å². The maximum atomic E-state index is 11.7. The Balaban J connectivity index is 2.93. The molecule has 0 aliphatic carbocycles. The topological polar surface area (TPSA) is 67.2 Å². The molecule has 0 aliphatic heterocycles. The van der Waals surface area contributed by atoms with Gasteiger partial charge >= 0.3 is 5.97 Å². The van der Waals surface area contributed by atoms with Crippen molar-refractivity contribution < 1.29 is 14.3 Å². The minimum absolute atomic E-state index is 0.0690. The summed E-state index contributed by atoms with van der Waals surface area (Å²) < 4.78 is 4.83. The summed E-state index contributed by atoms with van der Waals surface area (Å²) in [5, 5.41) is 9.03. The summed E-state index contributed by atoms with van der Waals surface area (Å²) in [4.78, 5) is 23.3. The Morgan fingerprint density at radius 1 is 1.35 bits per heavy atom. The van der Waals surface area contributed by atoms with E-state index in [9.17, 15) is 9.59 Å². The lowest BCUT2D eigenvalue weighted by atomic mass is 9.96. The van der Waals surface area contributed by atoms with Crippen LogP contribution in [0.1, 0.15) is 25.8 Å². The van der Waals surface area contributed by atoms with Crippen molar-refractivity contribution >= 4 is 17.8 Å². The van der Waals surface area contributed by atoms with Gasteiger partial charge in [-0.25, -0.2) is 0 Å². The molecule has 0 spiro atoms. The first-order valence-electron chi connectivity index (χ1n) is 6.41. The van der Waals surface area contributed by atoms with Crippen LogP contribution in [0.4, 0.5) is 0 Å². The van der Waals surface area contributed by atoms with Crippen molar-refractivity contribution in [1.29, 1.82) is 5.26 Å². The van der Waals surface area contributed by atoms with E-state index in [1.165, 1.54) is 6.92 Å². The van der Waals surface area contributed by atoms with Gasteiger partial charge in [0.2, 0.25) is 0 Å². The zero-order valence-corrected chi connectivity index (χ0v) is 11.6. The van der Waals surface area contributed by atoms with Crippen molar-refractivity contribution in [2.45, 2.75) is 20.3 Å². The van der Waals surface area contributed by atoms with Crippen LogP contribution in [0.15, 0.2) is 35.9 Å². The molecule has 0 radical (unpaired) electrons. The van der Waals surface area contributed by atoms with Gasteiger partial charge in [-0.05, 0) is 31.1 Å². The minimum atomic E-state index is -0.950. The Kier molecular flexibility index (Phi) is 6.18. The average Bonchev–Trinajstić information content (AvgIpc) is 2.44. The van der Waals surface area contributed by atoms with E-state index >= 15 is 0 Å². The second-order valence-electron chi connectivity index (χ2n) is 4.27. The Morgan fingerprint density at radius 2 is 2.00 bits per heavy atom. The van der Waals surface area contributed by atoms with Crippen molar-refractivity contribution in [2.24, 2.45) is 5.92 Å². The van der Waals surface area contributed by atoms with Crippen LogP contribution in [0.5, 0.6) is 0 Å². The number of allylic oxidation sites excluding steroid dienone is 1. The number of ether oxygens (including phenoxy) is 1. The van der Waals surface area contributed by atoms with E-state index in [0.29, 0.717) is 5.57 Å². The van der Waals surface area contributed by atoms with Gasteiger partial charge in [-0.3, -0.25) is 9.59 Å². The highest BCUT2D eigenvalue weighted by Crippen LogP contribution is 2.17. The predicted molar refractivity (Wildman–Crippen MR) is 75.5 cm³/mol. The summed E-state index contributed by atoms with van der Waals surface area (Å²) in [6.07, 6.45) is 1.77. The molecule has 4 heteroatoms. The number of rotatable bonds is 6. The van der Waals surface area contributed by atoms with E-state index in [-0.39, 0.29) is 18.8 Å². The van der Waals surface area contributed by atoms with E-state index < -0.39 is 11.9 Å². The van der Waals surface area contributed by atoms with Gasteiger partial charge in [-0.15, -0.1) is 0 Å². The summed E-state index contributed by atoms with van der Waals surface area (Å²) >= 11 is 0. The Labute approximate surface area is 118 Å². The lowest BCUT2D eigenvalue weighted by Crippen LogP contribution is -2.18. The SMILES string of the molecule is CCOC(=O)C(C#N)C/C(=C\c1ccccc1)C(C)=O. The fraction of sp³-hybridized carbons (Fsp3) is 0.312. The second-order valence-corrected chi connectivity index (χ2v) is 4.27. The Morgan fingerprint density at radius 3 is 2.50 bits per heavy atom. The maximum Gasteiger partial charge on any atom is 0.323 e. The number of ketones is 1. The number of benzene rings is 1. The molecule has 1 rings (SSSR count). The average molecular weight is 271 g/mol. The number of Topliss-reactive ketones (excluding diaryl/α,β-unsaturated/α-hetero) is 1. The number of hydrogen-bond acceptors (Lipinski definition) is 4. The third-order valence-electron chi connectivity index (χ3n) is 2.74. The highest BCUT2D eigenvalue weighted by atomic mass is 16.5. The van der Waals surface area contributed by atoms with Crippen LogP contribution in [0.2, 0.25) is 0 Å². The van der Waals surface area contributed by atoms with Crippen molar-refractivity contribution in [3.05, 3.63) is 41.5 Å². The largest absolute Gasteiger partial charge is 0.465 e. The van der Waals surface area contributed by atoms with Gasteiger partial charge in [0.1, 0.15) is 5.92 Å². The summed E-state index contributed by atoms with van der Waals surface area (Å²) in [5.74, 6) is -1.69. The molecule has 104 valence electrons. The number of nitriles is 1. The lowest BCUT2D eigenvalue weighted by Gasteiger charge is -2.09. The van der Waals surface area contributed by atoms with Crippen molar-refractivity contribution in [3.8, 4) is 6.07 Å². The molecular weight excluding hydrogens is 254 g/mol. The zero-order valence-electron chi connectivity index (χ0n) is 11.6. The van der Waals surface area contributed by atoms with Crippen LogP contribution in [0.3, 0.4) is 0 Å². The molecule has 0 bridgehead atoms. The van der Waals surface area contributed by atoms with E-state index in [1.54, 1.807) is 13.0 Å². The van der Waals surface area contributed by atoms with Crippen LogP contribution in [0.25, 0.3) is 6.08 Å². The number of hydrogen-bond donors (Lipinski definition) is 0. The lowest BCUT2D eigenvalue weighted by molar-refractivity contribution is -0.145. The molecular formula is C16H17NO3. The molecule has 1 unspecified atom stereocenters. The minimum Gasteiger partial charge on any atom is -0.465 e. The van der Waals surface area contributed by atoms with Crippen LogP contribution >= 0.6 is 0 Å². The number of nitrogens with zero attached hydrogens (tertiary/aromatic N) is 1. The Bertz CT molecular complexity index is 541. The van der Waals surface area contributed by atoms with Crippen LogP contribution < -0.4 is 0 Å². The molecule has 0 fully saturated rings. The summed E-state index contributed by atoms with van der Waals surface area (Å²) in [6, 6.07) is 11.2. The second kappa shape index (κ2) is 7.90. The first-order chi connectivity index (χ1) is 9.58. The van der Waals surface area contributed by atoms with Gasteiger partial charge in [0, 0.05) is 6.42 Å².